The van der Waals surface area contributed by atoms with Crippen LogP contribution in [0.4, 0.5) is 0 Å². The van der Waals surface area contributed by atoms with Crippen LogP contribution < -0.4 is 4.74 Å². The molecule has 1 N–H and O–H groups in total. The predicted octanol–water partition coefficient (Wildman–Crippen LogP) is 4.85. The Morgan fingerprint density at radius 3 is 2.85 bits per heavy atom. The third-order valence-corrected chi connectivity index (χ3v) is 5.66. The van der Waals surface area contributed by atoms with E-state index in [-0.39, 0.29) is 18.1 Å². The summed E-state index contributed by atoms with van der Waals surface area (Å²) in [5, 5.41) is 10.9. The van der Waals surface area contributed by atoms with E-state index in [0.717, 1.165) is 11.1 Å². The first-order valence-electron chi connectivity index (χ1n) is 8.05. The first kappa shape index (κ1) is 17.8. The van der Waals surface area contributed by atoms with Gasteiger partial charge < -0.3 is 9.84 Å². The van der Waals surface area contributed by atoms with Crippen molar-refractivity contribution >= 4 is 39.6 Å². The minimum absolute atomic E-state index is 0.0169. The SMILES string of the molecule is O=C1/C(=C/c2cc(OCc3cccnc3)c(O)cc2Br)Sc2ncccc21. The van der Waals surface area contributed by atoms with Gasteiger partial charge in [0.25, 0.3) is 0 Å². The molecule has 3 heterocycles. The van der Waals surface area contributed by atoms with E-state index in [1.807, 2.05) is 12.1 Å². The van der Waals surface area contributed by atoms with Gasteiger partial charge >= 0.3 is 0 Å². The van der Waals surface area contributed by atoms with Crippen molar-refractivity contribution in [2.75, 3.05) is 0 Å². The van der Waals surface area contributed by atoms with E-state index in [9.17, 15) is 9.90 Å². The number of Topliss-reactive ketones (excluding diaryl/α,β-unsaturated/α-hetero) is 1. The van der Waals surface area contributed by atoms with Gasteiger partial charge in [-0.05, 0) is 42.0 Å². The molecule has 0 unspecified atom stereocenters. The Morgan fingerprint density at radius 1 is 1.22 bits per heavy atom. The highest BCUT2D eigenvalue weighted by atomic mass is 79.9. The first-order valence-corrected chi connectivity index (χ1v) is 9.66. The van der Waals surface area contributed by atoms with E-state index in [2.05, 4.69) is 25.9 Å². The van der Waals surface area contributed by atoms with Crippen molar-refractivity contribution in [1.82, 2.24) is 9.97 Å². The van der Waals surface area contributed by atoms with Crippen molar-refractivity contribution in [2.24, 2.45) is 0 Å². The molecule has 0 bridgehead atoms. The van der Waals surface area contributed by atoms with E-state index in [4.69, 9.17) is 4.74 Å². The molecule has 0 fully saturated rings. The monoisotopic (exact) mass is 440 g/mol. The van der Waals surface area contributed by atoms with Crippen molar-refractivity contribution < 1.29 is 14.6 Å². The number of benzene rings is 1. The second-order valence-electron chi connectivity index (χ2n) is 5.79. The summed E-state index contributed by atoms with van der Waals surface area (Å²) in [6, 6.07) is 10.5. The molecular formula is C20H13BrN2O3S. The lowest BCUT2D eigenvalue weighted by atomic mass is 10.1. The Balaban J connectivity index is 1.61. The van der Waals surface area contributed by atoms with Crippen LogP contribution in [0.5, 0.6) is 11.5 Å². The van der Waals surface area contributed by atoms with Gasteiger partial charge in [-0.15, -0.1) is 0 Å². The number of rotatable bonds is 4. The van der Waals surface area contributed by atoms with Gasteiger partial charge in [-0.1, -0.05) is 33.8 Å². The lowest BCUT2D eigenvalue weighted by Gasteiger charge is -2.10. The molecule has 5 nitrogen and oxygen atoms in total. The number of pyridine rings is 2. The predicted molar refractivity (Wildman–Crippen MR) is 107 cm³/mol. The molecule has 1 aromatic carbocycles. The fourth-order valence-electron chi connectivity index (χ4n) is 2.59. The molecule has 4 rings (SSSR count). The third kappa shape index (κ3) is 3.74. The molecule has 2 aromatic heterocycles. The van der Waals surface area contributed by atoms with Gasteiger partial charge in [0, 0.05) is 28.6 Å². The standard InChI is InChI=1S/C20H13BrN2O3S/c21-15-9-16(24)17(26-11-12-3-1-5-22-10-12)7-13(15)8-18-19(25)14-4-2-6-23-20(14)27-18/h1-10,24H,11H2/b18-8-. The second kappa shape index (κ2) is 7.54. The number of ether oxygens (including phenoxy) is 1. The van der Waals surface area contributed by atoms with E-state index < -0.39 is 0 Å². The number of aromatic hydroxyl groups is 1. The Kier molecular flexibility index (Phi) is 4.96. The molecule has 0 spiro atoms. The Bertz CT molecular complexity index is 1050. The van der Waals surface area contributed by atoms with E-state index in [0.29, 0.717) is 25.7 Å². The van der Waals surface area contributed by atoms with E-state index >= 15 is 0 Å². The highest BCUT2D eigenvalue weighted by molar-refractivity contribution is 9.10. The number of carbonyl (C=O) groups excluding carboxylic acids is 1. The Morgan fingerprint density at radius 2 is 2.07 bits per heavy atom. The van der Waals surface area contributed by atoms with Crippen molar-refractivity contribution in [3.63, 3.8) is 0 Å². The average Bonchev–Trinajstić information content (AvgIpc) is 3.00. The van der Waals surface area contributed by atoms with Crippen LogP contribution in [0.25, 0.3) is 6.08 Å². The topological polar surface area (TPSA) is 72.3 Å². The number of nitrogens with zero attached hydrogens (tertiary/aromatic N) is 2. The molecule has 0 amide bonds. The van der Waals surface area contributed by atoms with Crippen LogP contribution in [0.15, 0.2) is 69.4 Å². The third-order valence-electron chi connectivity index (χ3n) is 3.93. The maximum Gasteiger partial charge on any atom is 0.202 e. The number of halogens is 1. The zero-order chi connectivity index (χ0) is 18.8. The quantitative estimate of drug-likeness (QED) is 0.584. The fourth-order valence-corrected chi connectivity index (χ4v) is 4.02. The van der Waals surface area contributed by atoms with Gasteiger partial charge in [0.2, 0.25) is 5.78 Å². The van der Waals surface area contributed by atoms with Crippen molar-refractivity contribution in [3.8, 4) is 11.5 Å². The summed E-state index contributed by atoms with van der Waals surface area (Å²) in [6.07, 6.45) is 6.84. The number of carbonyl (C=O) groups is 1. The molecule has 7 heteroatoms. The normalized spacial score (nSPS) is 14.4. The molecule has 0 aliphatic carbocycles. The molecule has 0 saturated heterocycles. The second-order valence-corrected chi connectivity index (χ2v) is 7.67. The van der Waals surface area contributed by atoms with Crippen molar-refractivity contribution in [3.05, 3.63) is 81.1 Å². The number of aromatic nitrogens is 2. The zero-order valence-electron chi connectivity index (χ0n) is 13.9. The number of hydrogen-bond donors (Lipinski definition) is 1. The molecular weight excluding hydrogens is 428 g/mol. The van der Waals surface area contributed by atoms with Crippen LogP contribution in [-0.2, 0) is 6.61 Å². The minimum Gasteiger partial charge on any atom is -0.504 e. The van der Waals surface area contributed by atoms with Crippen LogP contribution in [0.2, 0.25) is 0 Å². The van der Waals surface area contributed by atoms with Crippen molar-refractivity contribution in [1.29, 1.82) is 0 Å². The van der Waals surface area contributed by atoms with Crippen LogP contribution in [0.1, 0.15) is 21.5 Å². The summed E-state index contributed by atoms with van der Waals surface area (Å²) in [7, 11) is 0. The number of phenolic OH excluding ortho intramolecular Hbond substituents is 1. The lowest BCUT2D eigenvalue weighted by molar-refractivity contribution is 0.104. The van der Waals surface area contributed by atoms with Gasteiger partial charge in [-0.2, -0.15) is 0 Å². The Labute approximate surface area is 168 Å². The number of fused-ring (bicyclic) bond motifs is 1. The molecule has 0 saturated carbocycles. The van der Waals surface area contributed by atoms with Crippen LogP contribution in [0, 0.1) is 0 Å². The first-order chi connectivity index (χ1) is 13.1. The minimum atomic E-state index is -0.0547. The number of phenols is 1. The number of thioether (sulfide) groups is 1. The molecule has 134 valence electrons. The Hall–Kier alpha value is -2.64. The maximum atomic E-state index is 12.5. The van der Waals surface area contributed by atoms with Crippen LogP contribution in [0.3, 0.4) is 0 Å². The van der Waals surface area contributed by atoms with Gasteiger partial charge in [-0.25, -0.2) is 4.98 Å². The molecule has 1 aliphatic heterocycles. The summed E-state index contributed by atoms with van der Waals surface area (Å²) in [5.74, 6) is 0.296. The van der Waals surface area contributed by atoms with Gasteiger partial charge in [0.15, 0.2) is 11.5 Å². The maximum absolute atomic E-state index is 12.5. The summed E-state index contributed by atoms with van der Waals surface area (Å²) in [5.41, 5.74) is 2.23. The zero-order valence-corrected chi connectivity index (χ0v) is 16.3. The smallest absolute Gasteiger partial charge is 0.202 e. The van der Waals surface area contributed by atoms with Crippen LogP contribution >= 0.6 is 27.7 Å². The largest absolute Gasteiger partial charge is 0.504 e. The van der Waals surface area contributed by atoms with Gasteiger partial charge in [0.05, 0.1) is 10.5 Å². The number of allylic oxidation sites excluding steroid dienone is 1. The highest BCUT2D eigenvalue weighted by Crippen LogP contribution is 2.41. The summed E-state index contributed by atoms with van der Waals surface area (Å²) in [4.78, 5) is 21.4. The molecule has 3 aromatic rings. The fraction of sp³-hybridized carbons (Fsp3) is 0.0500. The summed E-state index contributed by atoms with van der Waals surface area (Å²) >= 11 is 4.77. The van der Waals surface area contributed by atoms with Gasteiger partial charge in [0.1, 0.15) is 11.6 Å². The highest BCUT2D eigenvalue weighted by Gasteiger charge is 2.27. The summed E-state index contributed by atoms with van der Waals surface area (Å²) < 4.78 is 6.39. The molecule has 0 atom stereocenters. The van der Waals surface area contributed by atoms with Crippen LogP contribution in [-0.4, -0.2) is 20.9 Å². The average molecular weight is 441 g/mol. The number of ketones is 1. The lowest BCUT2D eigenvalue weighted by Crippen LogP contribution is -1.97. The molecule has 1 aliphatic rings. The summed E-state index contributed by atoms with van der Waals surface area (Å²) in [6.45, 7) is 0.280. The molecule has 0 radical (unpaired) electrons. The van der Waals surface area contributed by atoms with Crippen molar-refractivity contribution in [2.45, 2.75) is 11.6 Å². The van der Waals surface area contributed by atoms with Gasteiger partial charge in [-0.3, -0.25) is 9.78 Å². The molecule has 27 heavy (non-hydrogen) atoms. The number of hydrogen-bond acceptors (Lipinski definition) is 6. The van der Waals surface area contributed by atoms with E-state index in [1.165, 1.54) is 11.8 Å². The van der Waals surface area contributed by atoms with E-state index in [1.54, 1.807) is 48.9 Å².